The van der Waals surface area contributed by atoms with Crippen LogP contribution in [0.2, 0.25) is 0 Å². The Morgan fingerprint density at radius 2 is 2.11 bits per heavy atom. The Morgan fingerprint density at radius 3 is 2.67 bits per heavy atom. The van der Waals surface area contributed by atoms with Gasteiger partial charge in [-0.1, -0.05) is 12.1 Å². The van der Waals surface area contributed by atoms with Crippen molar-refractivity contribution in [1.82, 2.24) is 20.4 Å². The van der Waals surface area contributed by atoms with E-state index in [1.54, 1.807) is 0 Å². The Kier molecular flexibility index (Phi) is 6.60. The van der Waals surface area contributed by atoms with E-state index in [1.165, 1.54) is 12.8 Å². The Hall–Kier alpha value is -0.650. The van der Waals surface area contributed by atoms with Crippen LogP contribution in [0.15, 0.2) is 4.52 Å². The van der Waals surface area contributed by atoms with Crippen molar-refractivity contribution in [2.45, 2.75) is 33.2 Å². The predicted octanol–water partition coefficient (Wildman–Crippen LogP) is 1.62. The van der Waals surface area contributed by atoms with Crippen LogP contribution in [-0.2, 0) is 6.54 Å². The first-order chi connectivity index (χ1) is 8.28. The number of hydrogen-bond acceptors (Lipinski definition) is 5. The monoisotopic (exact) mass is 274 g/mol. The maximum absolute atomic E-state index is 5.14. The van der Waals surface area contributed by atoms with Gasteiger partial charge in [0.25, 0.3) is 0 Å². The second-order valence-corrected chi connectivity index (χ2v) is 4.76. The summed E-state index contributed by atoms with van der Waals surface area (Å²) < 4.78 is 5.14. The third kappa shape index (κ3) is 4.55. The molecule has 2 heterocycles. The van der Waals surface area contributed by atoms with Crippen molar-refractivity contribution in [3.8, 4) is 0 Å². The van der Waals surface area contributed by atoms with Gasteiger partial charge in [0.05, 0.1) is 6.54 Å². The summed E-state index contributed by atoms with van der Waals surface area (Å²) in [6, 6.07) is 0. The van der Waals surface area contributed by atoms with Gasteiger partial charge in [-0.3, -0.25) is 4.90 Å². The first-order valence-corrected chi connectivity index (χ1v) is 6.50. The van der Waals surface area contributed by atoms with Crippen molar-refractivity contribution in [3.05, 3.63) is 11.7 Å². The molecule has 104 valence electrons. The van der Waals surface area contributed by atoms with Crippen molar-refractivity contribution in [1.29, 1.82) is 0 Å². The van der Waals surface area contributed by atoms with E-state index in [-0.39, 0.29) is 12.4 Å². The lowest BCUT2D eigenvalue weighted by molar-refractivity contribution is 0.158. The molecule has 1 saturated heterocycles. The number of likely N-dealkylation sites (tertiary alicyclic amines) is 1. The van der Waals surface area contributed by atoms with Crippen LogP contribution in [0.25, 0.3) is 0 Å². The minimum Gasteiger partial charge on any atom is -0.338 e. The number of halogens is 1. The van der Waals surface area contributed by atoms with Crippen molar-refractivity contribution in [2.24, 2.45) is 5.92 Å². The third-order valence-corrected chi connectivity index (χ3v) is 3.32. The minimum atomic E-state index is 0. The zero-order valence-electron chi connectivity index (χ0n) is 11.2. The number of rotatable bonds is 5. The fraction of sp³-hybridized carbons (Fsp3) is 0.833. The maximum Gasteiger partial charge on any atom is 0.240 e. The molecule has 0 spiro atoms. The quantitative estimate of drug-likeness (QED) is 0.884. The van der Waals surface area contributed by atoms with Crippen molar-refractivity contribution in [3.63, 3.8) is 0 Å². The average molecular weight is 275 g/mol. The van der Waals surface area contributed by atoms with E-state index in [9.17, 15) is 0 Å². The molecule has 1 fully saturated rings. The molecule has 1 N–H and O–H groups in total. The van der Waals surface area contributed by atoms with Crippen LogP contribution in [0.3, 0.4) is 0 Å². The SMILES string of the molecule is CCNCC1CCN(Cc2nc(C)no2)CC1.Cl. The van der Waals surface area contributed by atoms with Gasteiger partial charge in [-0.2, -0.15) is 4.98 Å². The Labute approximate surface area is 115 Å². The van der Waals surface area contributed by atoms with E-state index in [0.717, 1.165) is 50.4 Å². The first-order valence-electron chi connectivity index (χ1n) is 6.50. The second-order valence-electron chi connectivity index (χ2n) is 4.76. The number of aryl methyl sites for hydroxylation is 1. The summed E-state index contributed by atoms with van der Waals surface area (Å²) >= 11 is 0. The fourth-order valence-corrected chi connectivity index (χ4v) is 2.29. The molecule has 1 aliphatic heterocycles. The highest BCUT2D eigenvalue weighted by molar-refractivity contribution is 5.85. The normalized spacial score (nSPS) is 17.7. The molecule has 1 aliphatic rings. The number of aromatic nitrogens is 2. The molecule has 0 saturated carbocycles. The Morgan fingerprint density at radius 1 is 1.39 bits per heavy atom. The summed E-state index contributed by atoms with van der Waals surface area (Å²) in [5.74, 6) is 2.30. The minimum absolute atomic E-state index is 0. The fourth-order valence-electron chi connectivity index (χ4n) is 2.29. The van der Waals surface area contributed by atoms with Gasteiger partial charge in [0.2, 0.25) is 5.89 Å². The molecule has 0 bridgehead atoms. The predicted molar refractivity (Wildman–Crippen MR) is 72.8 cm³/mol. The molecule has 1 aromatic heterocycles. The van der Waals surface area contributed by atoms with Gasteiger partial charge >= 0.3 is 0 Å². The molecule has 6 heteroatoms. The van der Waals surface area contributed by atoms with Crippen LogP contribution in [0.1, 0.15) is 31.5 Å². The van der Waals surface area contributed by atoms with Gasteiger partial charge in [0, 0.05) is 0 Å². The summed E-state index contributed by atoms with van der Waals surface area (Å²) in [6.07, 6.45) is 2.53. The largest absolute Gasteiger partial charge is 0.338 e. The van der Waals surface area contributed by atoms with Crippen LogP contribution in [0, 0.1) is 12.8 Å². The maximum atomic E-state index is 5.14. The van der Waals surface area contributed by atoms with Crippen LogP contribution in [0.5, 0.6) is 0 Å². The summed E-state index contributed by atoms with van der Waals surface area (Å²) in [6.45, 7) is 9.32. The van der Waals surface area contributed by atoms with Gasteiger partial charge in [0.1, 0.15) is 0 Å². The zero-order valence-corrected chi connectivity index (χ0v) is 12.0. The van der Waals surface area contributed by atoms with E-state index in [2.05, 4.69) is 27.3 Å². The van der Waals surface area contributed by atoms with Gasteiger partial charge in [-0.15, -0.1) is 12.4 Å². The molecule has 1 aromatic rings. The van der Waals surface area contributed by atoms with Gasteiger partial charge in [0.15, 0.2) is 5.82 Å². The average Bonchev–Trinajstić information content (AvgIpc) is 2.74. The Balaban J connectivity index is 0.00000162. The van der Waals surface area contributed by atoms with E-state index in [0.29, 0.717) is 0 Å². The van der Waals surface area contributed by atoms with E-state index >= 15 is 0 Å². The molecule has 0 aliphatic carbocycles. The second kappa shape index (κ2) is 7.71. The molecule has 0 aromatic carbocycles. The van der Waals surface area contributed by atoms with Crippen molar-refractivity contribution in [2.75, 3.05) is 26.2 Å². The smallest absolute Gasteiger partial charge is 0.240 e. The first kappa shape index (κ1) is 15.4. The lowest BCUT2D eigenvalue weighted by atomic mass is 9.97. The number of hydrogen-bond donors (Lipinski definition) is 1. The molecule has 5 nitrogen and oxygen atoms in total. The summed E-state index contributed by atoms with van der Waals surface area (Å²) in [5, 5.41) is 7.24. The molecule has 18 heavy (non-hydrogen) atoms. The lowest BCUT2D eigenvalue weighted by Crippen LogP contribution is -2.36. The zero-order chi connectivity index (χ0) is 12.1. The summed E-state index contributed by atoms with van der Waals surface area (Å²) in [7, 11) is 0. The third-order valence-electron chi connectivity index (χ3n) is 3.32. The molecule has 0 amide bonds. The van der Waals surface area contributed by atoms with E-state index < -0.39 is 0 Å². The molecule has 0 unspecified atom stereocenters. The molecular formula is C12H23ClN4O. The van der Waals surface area contributed by atoms with Crippen LogP contribution < -0.4 is 5.32 Å². The molecule has 0 atom stereocenters. The lowest BCUT2D eigenvalue weighted by Gasteiger charge is -2.30. The van der Waals surface area contributed by atoms with Crippen molar-refractivity contribution >= 4 is 12.4 Å². The highest BCUT2D eigenvalue weighted by Gasteiger charge is 2.20. The van der Waals surface area contributed by atoms with Gasteiger partial charge in [-0.25, -0.2) is 0 Å². The summed E-state index contributed by atoms with van der Waals surface area (Å²) in [5.41, 5.74) is 0. The highest BCUT2D eigenvalue weighted by atomic mass is 35.5. The van der Waals surface area contributed by atoms with Gasteiger partial charge < -0.3 is 9.84 Å². The van der Waals surface area contributed by atoms with Crippen LogP contribution >= 0.6 is 12.4 Å². The number of piperidine rings is 1. The molecule has 2 rings (SSSR count). The molecule has 0 radical (unpaired) electrons. The highest BCUT2D eigenvalue weighted by Crippen LogP contribution is 2.17. The topological polar surface area (TPSA) is 54.2 Å². The van der Waals surface area contributed by atoms with Crippen molar-refractivity contribution < 1.29 is 4.52 Å². The van der Waals surface area contributed by atoms with Gasteiger partial charge in [-0.05, 0) is 51.9 Å². The molecular weight excluding hydrogens is 252 g/mol. The van der Waals surface area contributed by atoms with E-state index in [1.807, 2.05) is 6.92 Å². The van der Waals surface area contributed by atoms with Crippen LogP contribution in [-0.4, -0.2) is 41.2 Å². The van der Waals surface area contributed by atoms with E-state index in [4.69, 9.17) is 4.52 Å². The summed E-state index contributed by atoms with van der Waals surface area (Å²) in [4.78, 5) is 6.64. The Bertz CT molecular complexity index is 337. The number of nitrogens with one attached hydrogen (secondary N) is 1. The number of nitrogens with zero attached hydrogens (tertiary/aromatic N) is 3. The van der Waals surface area contributed by atoms with Crippen LogP contribution in [0.4, 0.5) is 0 Å². The standard InChI is InChI=1S/C12H22N4O.ClH/c1-3-13-8-11-4-6-16(7-5-11)9-12-14-10(2)15-17-12;/h11,13H,3-9H2,1-2H3;1H.